The summed E-state index contributed by atoms with van der Waals surface area (Å²) in [5, 5.41) is 4.90. The predicted molar refractivity (Wildman–Crippen MR) is 70.0 cm³/mol. The van der Waals surface area contributed by atoms with Crippen LogP contribution in [0.1, 0.15) is 36.8 Å². The Morgan fingerprint density at radius 1 is 1.29 bits per heavy atom. The first-order valence-corrected chi connectivity index (χ1v) is 6.53. The summed E-state index contributed by atoms with van der Waals surface area (Å²) in [6.07, 6.45) is 7.31. The molecule has 0 saturated heterocycles. The molecule has 2 nitrogen and oxygen atoms in total. The minimum absolute atomic E-state index is 0.713. The van der Waals surface area contributed by atoms with Gasteiger partial charge in [-0.25, -0.2) is 0 Å². The van der Waals surface area contributed by atoms with Gasteiger partial charge in [0.05, 0.1) is 6.26 Å². The van der Waals surface area contributed by atoms with E-state index in [9.17, 15) is 0 Å². The quantitative estimate of drug-likeness (QED) is 0.866. The molecule has 2 aromatic rings. The van der Waals surface area contributed by atoms with Gasteiger partial charge < -0.3 is 9.73 Å². The van der Waals surface area contributed by atoms with Crippen molar-refractivity contribution in [3.63, 3.8) is 0 Å². The Labute approximate surface area is 102 Å². The van der Waals surface area contributed by atoms with Crippen LogP contribution in [0.5, 0.6) is 0 Å². The van der Waals surface area contributed by atoms with Crippen LogP contribution < -0.4 is 5.32 Å². The molecule has 90 valence electrons. The minimum Gasteiger partial charge on any atom is -0.464 e. The first kappa shape index (κ1) is 10.8. The fraction of sp³-hybridized carbons (Fsp3) is 0.467. The third kappa shape index (κ3) is 2.09. The SMILES string of the molecule is Cc1cccc2c(CNC3CCCC3)coc12. The Morgan fingerprint density at radius 2 is 2.12 bits per heavy atom. The fourth-order valence-corrected chi connectivity index (χ4v) is 2.78. The first-order valence-electron chi connectivity index (χ1n) is 6.53. The van der Waals surface area contributed by atoms with Crippen molar-refractivity contribution in [2.75, 3.05) is 0 Å². The molecular formula is C15H19NO. The van der Waals surface area contributed by atoms with E-state index in [1.807, 2.05) is 6.26 Å². The molecule has 1 N–H and O–H groups in total. The second-order valence-electron chi connectivity index (χ2n) is 5.07. The van der Waals surface area contributed by atoms with Gasteiger partial charge in [-0.15, -0.1) is 0 Å². The Bertz CT molecular complexity index is 509. The molecule has 0 atom stereocenters. The van der Waals surface area contributed by atoms with Crippen molar-refractivity contribution in [3.05, 3.63) is 35.6 Å². The summed E-state index contributed by atoms with van der Waals surface area (Å²) in [5.74, 6) is 0. The summed E-state index contributed by atoms with van der Waals surface area (Å²) in [6, 6.07) is 7.06. The number of nitrogens with one attached hydrogen (secondary N) is 1. The molecule has 1 heterocycles. The van der Waals surface area contributed by atoms with Gasteiger partial charge in [0.15, 0.2) is 0 Å². The van der Waals surface area contributed by atoms with Gasteiger partial charge in [-0.3, -0.25) is 0 Å². The predicted octanol–water partition coefficient (Wildman–Crippen LogP) is 3.77. The number of rotatable bonds is 3. The van der Waals surface area contributed by atoms with E-state index in [1.54, 1.807) is 0 Å². The number of hydrogen-bond donors (Lipinski definition) is 1. The van der Waals surface area contributed by atoms with Crippen LogP contribution in [0.3, 0.4) is 0 Å². The van der Waals surface area contributed by atoms with E-state index in [1.165, 1.54) is 42.2 Å². The molecule has 0 bridgehead atoms. The van der Waals surface area contributed by atoms with Crippen LogP contribution in [0.15, 0.2) is 28.9 Å². The van der Waals surface area contributed by atoms with E-state index in [0.717, 1.165) is 12.1 Å². The number of fused-ring (bicyclic) bond motifs is 1. The second-order valence-corrected chi connectivity index (χ2v) is 5.07. The van der Waals surface area contributed by atoms with E-state index in [4.69, 9.17) is 4.42 Å². The van der Waals surface area contributed by atoms with Crippen molar-refractivity contribution in [1.82, 2.24) is 5.32 Å². The number of furan rings is 1. The molecule has 0 unspecified atom stereocenters. The average Bonchev–Trinajstić information content (AvgIpc) is 2.95. The molecule has 1 aliphatic carbocycles. The summed E-state index contributed by atoms with van der Waals surface area (Å²) in [6.45, 7) is 3.03. The molecule has 0 spiro atoms. The molecule has 17 heavy (non-hydrogen) atoms. The van der Waals surface area contributed by atoms with E-state index in [-0.39, 0.29) is 0 Å². The topological polar surface area (TPSA) is 25.2 Å². The zero-order valence-electron chi connectivity index (χ0n) is 10.3. The van der Waals surface area contributed by atoms with Crippen molar-refractivity contribution in [3.8, 4) is 0 Å². The zero-order chi connectivity index (χ0) is 11.7. The highest BCUT2D eigenvalue weighted by Gasteiger charge is 2.15. The largest absolute Gasteiger partial charge is 0.464 e. The van der Waals surface area contributed by atoms with Gasteiger partial charge in [-0.1, -0.05) is 31.0 Å². The van der Waals surface area contributed by atoms with E-state index in [2.05, 4.69) is 30.4 Å². The van der Waals surface area contributed by atoms with Gasteiger partial charge in [0, 0.05) is 23.5 Å². The Morgan fingerprint density at radius 3 is 2.94 bits per heavy atom. The van der Waals surface area contributed by atoms with Crippen LogP contribution in [0.4, 0.5) is 0 Å². The van der Waals surface area contributed by atoms with Crippen LogP contribution in [0, 0.1) is 6.92 Å². The highest BCUT2D eigenvalue weighted by atomic mass is 16.3. The molecule has 1 fully saturated rings. The smallest absolute Gasteiger partial charge is 0.137 e. The van der Waals surface area contributed by atoms with Crippen LogP contribution in [-0.4, -0.2) is 6.04 Å². The maximum absolute atomic E-state index is 5.66. The number of para-hydroxylation sites is 1. The summed E-state index contributed by atoms with van der Waals surface area (Å²) in [7, 11) is 0. The third-order valence-corrected chi connectivity index (χ3v) is 3.81. The lowest BCUT2D eigenvalue weighted by Gasteiger charge is -2.10. The van der Waals surface area contributed by atoms with E-state index < -0.39 is 0 Å². The molecule has 1 aromatic heterocycles. The summed E-state index contributed by atoms with van der Waals surface area (Å²) >= 11 is 0. The molecule has 1 aliphatic rings. The van der Waals surface area contributed by atoms with E-state index in [0.29, 0.717) is 6.04 Å². The van der Waals surface area contributed by atoms with Crippen LogP contribution >= 0.6 is 0 Å². The molecular weight excluding hydrogens is 210 g/mol. The molecule has 0 aliphatic heterocycles. The lowest BCUT2D eigenvalue weighted by molar-refractivity contribution is 0.520. The summed E-state index contributed by atoms with van der Waals surface area (Å²) in [4.78, 5) is 0. The molecule has 1 saturated carbocycles. The Hall–Kier alpha value is -1.28. The summed E-state index contributed by atoms with van der Waals surface area (Å²) in [5.41, 5.74) is 3.54. The molecule has 1 aromatic carbocycles. The minimum atomic E-state index is 0.713. The van der Waals surface area contributed by atoms with Gasteiger partial charge in [0.25, 0.3) is 0 Å². The maximum Gasteiger partial charge on any atom is 0.137 e. The van der Waals surface area contributed by atoms with Gasteiger partial charge >= 0.3 is 0 Å². The summed E-state index contributed by atoms with van der Waals surface area (Å²) < 4.78 is 5.66. The monoisotopic (exact) mass is 229 g/mol. The lowest BCUT2D eigenvalue weighted by Crippen LogP contribution is -2.25. The lowest BCUT2D eigenvalue weighted by atomic mass is 10.1. The molecule has 3 rings (SSSR count). The van der Waals surface area contributed by atoms with Crippen molar-refractivity contribution in [2.45, 2.75) is 45.2 Å². The van der Waals surface area contributed by atoms with Crippen LogP contribution in [0.2, 0.25) is 0 Å². The van der Waals surface area contributed by atoms with Crippen molar-refractivity contribution < 1.29 is 4.42 Å². The number of hydrogen-bond acceptors (Lipinski definition) is 2. The second kappa shape index (κ2) is 4.53. The van der Waals surface area contributed by atoms with Gasteiger partial charge in [0.1, 0.15) is 5.58 Å². The molecule has 2 heteroatoms. The van der Waals surface area contributed by atoms with Gasteiger partial charge in [-0.2, -0.15) is 0 Å². The zero-order valence-corrected chi connectivity index (χ0v) is 10.3. The van der Waals surface area contributed by atoms with Crippen molar-refractivity contribution in [1.29, 1.82) is 0 Å². The Kier molecular flexibility index (Phi) is 2.89. The Balaban J connectivity index is 1.78. The van der Waals surface area contributed by atoms with Crippen molar-refractivity contribution in [2.24, 2.45) is 0 Å². The number of benzene rings is 1. The van der Waals surface area contributed by atoms with Gasteiger partial charge in [-0.05, 0) is 25.3 Å². The number of aryl methyl sites for hydroxylation is 1. The first-order chi connectivity index (χ1) is 8.34. The molecule has 0 amide bonds. The standard InChI is InChI=1S/C15H19NO/c1-11-5-4-8-14-12(10-17-15(11)14)9-16-13-6-2-3-7-13/h4-5,8,10,13,16H,2-3,6-7,9H2,1H3. The average molecular weight is 229 g/mol. The normalized spacial score (nSPS) is 17.0. The maximum atomic E-state index is 5.66. The fourth-order valence-electron chi connectivity index (χ4n) is 2.78. The van der Waals surface area contributed by atoms with Crippen LogP contribution in [-0.2, 0) is 6.54 Å². The third-order valence-electron chi connectivity index (χ3n) is 3.81. The van der Waals surface area contributed by atoms with E-state index >= 15 is 0 Å². The highest BCUT2D eigenvalue weighted by Crippen LogP contribution is 2.25. The van der Waals surface area contributed by atoms with Crippen molar-refractivity contribution >= 4 is 11.0 Å². The molecule has 0 radical (unpaired) electrons. The highest BCUT2D eigenvalue weighted by molar-refractivity contribution is 5.83. The van der Waals surface area contributed by atoms with Crippen LogP contribution in [0.25, 0.3) is 11.0 Å². The van der Waals surface area contributed by atoms with Gasteiger partial charge in [0.2, 0.25) is 0 Å².